The normalized spacial score (nSPS) is 17.1. The fourth-order valence-electron chi connectivity index (χ4n) is 2.61. The lowest BCUT2D eigenvalue weighted by Crippen LogP contribution is -2.31. The molecular weight excluding hydrogens is 228 g/mol. The number of aromatic nitrogens is 2. The summed E-state index contributed by atoms with van der Waals surface area (Å²) in [6.07, 6.45) is 2.28. The van der Waals surface area contributed by atoms with Crippen LogP contribution in [-0.4, -0.2) is 36.6 Å². The SMILES string of the molecule is CCn1nc(C)c(N)c1N(C)CC1CCOCC1. The van der Waals surface area contributed by atoms with Crippen LogP contribution in [0.25, 0.3) is 0 Å². The smallest absolute Gasteiger partial charge is 0.150 e. The minimum atomic E-state index is 0.698. The first-order valence-electron chi connectivity index (χ1n) is 6.75. The highest BCUT2D eigenvalue weighted by Crippen LogP contribution is 2.27. The van der Waals surface area contributed by atoms with Crippen molar-refractivity contribution in [3.63, 3.8) is 0 Å². The molecule has 2 rings (SSSR count). The summed E-state index contributed by atoms with van der Waals surface area (Å²) in [7, 11) is 2.11. The summed E-state index contributed by atoms with van der Waals surface area (Å²) in [4.78, 5) is 2.24. The maximum Gasteiger partial charge on any atom is 0.150 e. The summed E-state index contributed by atoms with van der Waals surface area (Å²) in [6, 6.07) is 0. The molecule has 0 bridgehead atoms. The molecule has 1 aliphatic rings. The second kappa shape index (κ2) is 5.61. The Balaban J connectivity index is 2.09. The van der Waals surface area contributed by atoms with E-state index in [9.17, 15) is 0 Å². The monoisotopic (exact) mass is 252 g/mol. The van der Waals surface area contributed by atoms with E-state index in [0.29, 0.717) is 5.92 Å². The molecular formula is C13H24N4O. The van der Waals surface area contributed by atoms with Gasteiger partial charge in [0.15, 0.2) is 0 Å². The Morgan fingerprint density at radius 1 is 1.44 bits per heavy atom. The van der Waals surface area contributed by atoms with Crippen LogP contribution in [0.15, 0.2) is 0 Å². The largest absolute Gasteiger partial charge is 0.394 e. The van der Waals surface area contributed by atoms with E-state index in [-0.39, 0.29) is 0 Å². The predicted molar refractivity (Wildman–Crippen MR) is 73.9 cm³/mol. The Labute approximate surface area is 109 Å². The van der Waals surface area contributed by atoms with Gasteiger partial charge in [0, 0.05) is 33.4 Å². The van der Waals surface area contributed by atoms with Gasteiger partial charge in [0.25, 0.3) is 0 Å². The van der Waals surface area contributed by atoms with Crippen LogP contribution in [0.2, 0.25) is 0 Å². The highest BCUT2D eigenvalue weighted by molar-refractivity contribution is 5.65. The van der Waals surface area contributed by atoms with E-state index in [1.165, 1.54) is 0 Å². The van der Waals surface area contributed by atoms with Crippen molar-refractivity contribution in [2.24, 2.45) is 5.92 Å². The van der Waals surface area contributed by atoms with Gasteiger partial charge in [0.1, 0.15) is 5.82 Å². The maximum atomic E-state index is 6.14. The lowest BCUT2D eigenvalue weighted by molar-refractivity contribution is 0.0684. The van der Waals surface area contributed by atoms with Crippen LogP contribution in [0.4, 0.5) is 11.5 Å². The summed E-state index contributed by atoms with van der Waals surface area (Å²) in [5, 5.41) is 4.47. The standard InChI is InChI=1S/C13H24N4O/c1-4-17-13(12(14)10(2)15-17)16(3)9-11-5-7-18-8-6-11/h11H,4-9,14H2,1-3H3. The Kier molecular flexibility index (Phi) is 4.11. The molecule has 1 fully saturated rings. The molecule has 2 N–H and O–H groups in total. The summed E-state index contributed by atoms with van der Waals surface area (Å²) >= 11 is 0. The van der Waals surface area contributed by atoms with Crippen LogP contribution >= 0.6 is 0 Å². The number of rotatable bonds is 4. The van der Waals surface area contributed by atoms with E-state index in [4.69, 9.17) is 10.5 Å². The van der Waals surface area contributed by atoms with Crippen molar-refractivity contribution in [2.45, 2.75) is 33.2 Å². The number of anilines is 2. The van der Waals surface area contributed by atoms with Crippen LogP contribution in [0.1, 0.15) is 25.5 Å². The molecule has 5 nitrogen and oxygen atoms in total. The molecule has 18 heavy (non-hydrogen) atoms. The first-order valence-corrected chi connectivity index (χ1v) is 6.75. The predicted octanol–water partition coefficient (Wildman–Crippen LogP) is 1.66. The molecule has 0 aliphatic carbocycles. The minimum absolute atomic E-state index is 0.698. The van der Waals surface area contributed by atoms with Crippen molar-refractivity contribution in [3.05, 3.63) is 5.69 Å². The highest BCUT2D eigenvalue weighted by atomic mass is 16.5. The van der Waals surface area contributed by atoms with Crippen LogP contribution < -0.4 is 10.6 Å². The van der Waals surface area contributed by atoms with Crippen molar-refractivity contribution in [1.29, 1.82) is 0 Å². The second-order valence-electron chi connectivity index (χ2n) is 5.07. The fraction of sp³-hybridized carbons (Fsp3) is 0.769. The molecule has 0 spiro atoms. The topological polar surface area (TPSA) is 56.3 Å². The number of nitrogen functional groups attached to an aromatic ring is 1. The fourth-order valence-corrected chi connectivity index (χ4v) is 2.61. The number of nitrogens with zero attached hydrogens (tertiary/aromatic N) is 3. The molecule has 0 aromatic carbocycles. The number of aryl methyl sites for hydroxylation is 2. The molecule has 102 valence electrons. The van der Waals surface area contributed by atoms with Crippen molar-refractivity contribution >= 4 is 11.5 Å². The third-order valence-corrected chi connectivity index (χ3v) is 3.68. The van der Waals surface area contributed by atoms with Gasteiger partial charge in [-0.05, 0) is 32.6 Å². The molecule has 5 heteroatoms. The Morgan fingerprint density at radius 3 is 2.72 bits per heavy atom. The molecule has 1 aromatic rings. The Bertz CT molecular complexity index is 396. The Morgan fingerprint density at radius 2 is 2.11 bits per heavy atom. The summed E-state index contributed by atoms with van der Waals surface area (Å²) in [6.45, 7) is 7.72. The number of hydrogen-bond acceptors (Lipinski definition) is 4. The third-order valence-electron chi connectivity index (χ3n) is 3.68. The number of hydrogen-bond donors (Lipinski definition) is 1. The summed E-state index contributed by atoms with van der Waals surface area (Å²) in [5.41, 5.74) is 7.87. The molecule has 0 atom stereocenters. The van der Waals surface area contributed by atoms with E-state index < -0.39 is 0 Å². The van der Waals surface area contributed by atoms with Gasteiger partial charge in [0.05, 0.1) is 11.4 Å². The van der Waals surface area contributed by atoms with Crippen molar-refractivity contribution in [3.8, 4) is 0 Å². The molecule has 2 heterocycles. The van der Waals surface area contributed by atoms with E-state index in [2.05, 4.69) is 24.0 Å². The highest BCUT2D eigenvalue weighted by Gasteiger charge is 2.20. The second-order valence-corrected chi connectivity index (χ2v) is 5.07. The molecule has 0 saturated carbocycles. The molecule has 0 amide bonds. The zero-order valence-corrected chi connectivity index (χ0v) is 11.6. The van der Waals surface area contributed by atoms with Crippen LogP contribution in [-0.2, 0) is 11.3 Å². The Hall–Kier alpha value is -1.23. The minimum Gasteiger partial charge on any atom is -0.394 e. The van der Waals surface area contributed by atoms with Crippen molar-refractivity contribution < 1.29 is 4.74 Å². The number of nitrogens with two attached hydrogens (primary N) is 1. The van der Waals surface area contributed by atoms with Gasteiger partial charge in [-0.3, -0.25) is 0 Å². The summed E-state index contributed by atoms with van der Waals surface area (Å²) in [5.74, 6) is 1.75. The molecule has 1 aromatic heterocycles. The number of ether oxygens (including phenoxy) is 1. The van der Waals surface area contributed by atoms with E-state index >= 15 is 0 Å². The van der Waals surface area contributed by atoms with Gasteiger partial charge in [-0.25, -0.2) is 4.68 Å². The molecule has 1 saturated heterocycles. The van der Waals surface area contributed by atoms with Gasteiger partial charge in [-0.1, -0.05) is 0 Å². The van der Waals surface area contributed by atoms with Gasteiger partial charge in [-0.2, -0.15) is 5.10 Å². The molecule has 1 aliphatic heterocycles. The van der Waals surface area contributed by atoms with Crippen LogP contribution in [0.5, 0.6) is 0 Å². The zero-order valence-electron chi connectivity index (χ0n) is 11.6. The van der Waals surface area contributed by atoms with Crippen molar-refractivity contribution in [1.82, 2.24) is 9.78 Å². The third kappa shape index (κ3) is 2.61. The molecule has 0 radical (unpaired) electrons. The van der Waals surface area contributed by atoms with Crippen LogP contribution in [0.3, 0.4) is 0 Å². The van der Waals surface area contributed by atoms with E-state index in [0.717, 1.165) is 56.3 Å². The maximum absolute atomic E-state index is 6.14. The average Bonchev–Trinajstić information content (AvgIpc) is 2.66. The lowest BCUT2D eigenvalue weighted by Gasteiger charge is -2.28. The van der Waals surface area contributed by atoms with Gasteiger partial charge in [-0.15, -0.1) is 0 Å². The van der Waals surface area contributed by atoms with Gasteiger partial charge in [0.2, 0.25) is 0 Å². The van der Waals surface area contributed by atoms with Crippen LogP contribution in [0, 0.1) is 12.8 Å². The molecule has 0 unspecified atom stereocenters. The quantitative estimate of drug-likeness (QED) is 0.885. The first-order chi connectivity index (χ1) is 8.63. The summed E-state index contributed by atoms with van der Waals surface area (Å²) < 4.78 is 7.39. The average molecular weight is 252 g/mol. The van der Waals surface area contributed by atoms with Crippen molar-refractivity contribution in [2.75, 3.05) is 37.4 Å². The first kappa shape index (κ1) is 13.2. The van der Waals surface area contributed by atoms with Gasteiger partial charge < -0.3 is 15.4 Å². The van der Waals surface area contributed by atoms with Gasteiger partial charge >= 0.3 is 0 Å². The van der Waals surface area contributed by atoms with E-state index in [1.54, 1.807) is 0 Å². The van der Waals surface area contributed by atoms with E-state index in [1.807, 2.05) is 11.6 Å². The zero-order chi connectivity index (χ0) is 13.1. The lowest BCUT2D eigenvalue weighted by atomic mass is 10.00.